The van der Waals surface area contributed by atoms with Gasteiger partial charge in [0.2, 0.25) is 17.7 Å². The topological polar surface area (TPSA) is 183 Å². The fourth-order valence-corrected chi connectivity index (χ4v) is 9.05. The number of aryl methyl sites for hydroxylation is 2. The Hall–Kier alpha value is -5.75. The van der Waals surface area contributed by atoms with Crippen molar-refractivity contribution in [3.05, 3.63) is 76.4 Å². The highest BCUT2D eigenvalue weighted by Crippen LogP contribution is 2.36. The Labute approximate surface area is 370 Å². The molecule has 3 amide bonds. The number of alkyl halides is 2. The van der Waals surface area contributed by atoms with Crippen molar-refractivity contribution in [2.45, 2.75) is 109 Å². The first-order chi connectivity index (χ1) is 30.9. The highest BCUT2D eigenvalue weighted by atomic mass is 19.3. The number of amides is 3. The molecule has 1 aromatic carbocycles. The lowest BCUT2D eigenvalue weighted by atomic mass is 9.85. The minimum Gasteiger partial charge on any atom is -0.444 e. The number of imide groups is 1. The molecule has 0 spiro atoms. The fourth-order valence-electron chi connectivity index (χ4n) is 9.05. The zero-order valence-electron chi connectivity index (χ0n) is 36.7. The first-order valence-corrected chi connectivity index (χ1v) is 22.6. The number of rotatable bonds is 20. The number of benzene rings is 1. The summed E-state index contributed by atoms with van der Waals surface area (Å²) < 4.78 is 44.8. The van der Waals surface area contributed by atoms with Gasteiger partial charge in [-0.2, -0.15) is 5.10 Å². The predicted molar refractivity (Wildman–Crippen MR) is 236 cm³/mol. The third kappa shape index (κ3) is 10.4. The lowest BCUT2D eigenvalue weighted by molar-refractivity contribution is -0.135. The molecule has 2 aliphatic carbocycles. The number of aromatic nitrogens is 6. The molecular weight excluding hydrogens is 827 g/mol. The summed E-state index contributed by atoms with van der Waals surface area (Å²) in [4.78, 5) is 61.9. The van der Waals surface area contributed by atoms with Gasteiger partial charge in [-0.1, -0.05) is 12.1 Å². The molecule has 0 bridgehead atoms. The second-order valence-electron chi connectivity index (χ2n) is 17.8. The number of ether oxygens (including phenoxy) is 1. The first-order valence-electron chi connectivity index (χ1n) is 22.6. The van der Waals surface area contributed by atoms with E-state index in [9.17, 15) is 28.0 Å². The Kier molecular flexibility index (Phi) is 14.0. The Balaban J connectivity index is 0.776. The number of carbonyl (C=O) groups is 3. The molecule has 1 unspecified atom stereocenters. The van der Waals surface area contributed by atoms with E-state index in [0.29, 0.717) is 60.8 Å². The molecule has 3 N–H and O–H groups in total. The van der Waals surface area contributed by atoms with Crippen molar-refractivity contribution in [1.29, 1.82) is 0 Å². The molecule has 342 valence electrons. The molecule has 5 aromatic rings. The molecule has 4 aromatic heterocycles. The summed E-state index contributed by atoms with van der Waals surface area (Å²) in [5, 5.41) is 12.5. The third-order valence-corrected chi connectivity index (χ3v) is 12.8. The van der Waals surface area contributed by atoms with Gasteiger partial charge in [0.15, 0.2) is 11.4 Å². The number of anilines is 2. The summed E-state index contributed by atoms with van der Waals surface area (Å²) >= 11 is 0. The van der Waals surface area contributed by atoms with Gasteiger partial charge < -0.3 is 24.7 Å². The van der Waals surface area contributed by atoms with Crippen molar-refractivity contribution in [1.82, 2.24) is 39.1 Å². The van der Waals surface area contributed by atoms with Gasteiger partial charge >= 0.3 is 5.69 Å². The van der Waals surface area contributed by atoms with Crippen LogP contribution in [-0.2, 0) is 27.8 Å². The third-order valence-electron chi connectivity index (χ3n) is 12.8. The fraction of sp³-hybridized carbons (Fsp3) is 0.543. The van der Waals surface area contributed by atoms with Crippen molar-refractivity contribution >= 4 is 40.3 Å². The van der Waals surface area contributed by atoms with E-state index in [1.54, 1.807) is 34.6 Å². The van der Waals surface area contributed by atoms with Crippen LogP contribution in [0.1, 0.15) is 118 Å². The van der Waals surface area contributed by atoms with Crippen molar-refractivity contribution in [3.8, 4) is 11.5 Å². The van der Waals surface area contributed by atoms with E-state index >= 15 is 0 Å². The van der Waals surface area contributed by atoms with Crippen molar-refractivity contribution in [2.75, 3.05) is 43.5 Å². The van der Waals surface area contributed by atoms with Crippen LogP contribution in [0.4, 0.5) is 20.3 Å². The molecule has 1 saturated heterocycles. The summed E-state index contributed by atoms with van der Waals surface area (Å²) in [5.41, 5.74) is 2.30. The molecule has 1 aliphatic heterocycles. The quantitative estimate of drug-likeness (QED) is 0.0538. The summed E-state index contributed by atoms with van der Waals surface area (Å²) in [6, 6.07) is 8.85. The Bertz CT molecular complexity index is 2500. The van der Waals surface area contributed by atoms with Crippen LogP contribution in [0.25, 0.3) is 22.5 Å². The Morgan fingerprint density at radius 3 is 2.56 bits per heavy atom. The maximum absolute atomic E-state index is 14.2. The molecule has 5 heterocycles. The normalized spacial score (nSPS) is 19.3. The van der Waals surface area contributed by atoms with Gasteiger partial charge in [-0.3, -0.25) is 33.5 Å². The number of nitrogens with zero attached hydrogens (tertiary/aromatic N) is 7. The SMILES string of the molecule is CC(C)N(CCCOCCCc1cccc2c1n(C)c(=O)n2C1CCC(=O)NC1=O)CC1CCC(n2cc(NC(=O)c3coc(-c4ccnc(NCC5CC5)c4)n3)c(C(F)F)n2)CC1. The maximum Gasteiger partial charge on any atom is 0.329 e. The summed E-state index contributed by atoms with van der Waals surface area (Å²) in [5.74, 6) is 0.612. The summed E-state index contributed by atoms with van der Waals surface area (Å²) in [6.45, 7) is 8.26. The van der Waals surface area contributed by atoms with Gasteiger partial charge in [0.1, 0.15) is 18.1 Å². The number of fused-ring (bicyclic) bond motifs is 1. The van der Waals surface area contributed by atoms with Gasteiger partial charge in [-0.05, 0) is 114 Å². The lowest BCUT2D eigenvalue weighted by Crippen LogP contribution is -2.44. The number of nitrogens with one attached hydrogen (secondary N) is 3. The zero-order valence-corrected chi connectivity index (χ0v) is 36.7. The van der Waals surface area contributed by atoms with E-state index in [2.05, 4.69) is 49.8 Å². The van der Waals surface area contributed by atoms with Crippen molar-refractivity contribution in [2.24, 2.45) is 18.9 Å². The van der Waals surface area contributed by atoms with E-state index < -0.39 is 30.0 Å². The zero-order chi connectivity index (χ0) is 44.9. The predicted octanol–water partition coefficient (Wildman–Crippen LogP) is 7.06. The molecule has 1 atom stereocenters. The van der Waals surface area contributed by atoms with Crippen LogP contribution in [0.15, 0.2) is 58.2 Å². The molecule has 16 nitrogen and oxygen atoms in total. The van der Waals surface area contributed by atoms with Gasteiger partial charge in [-0.15, -0.1) is 0 Å². The largest absolute Gasteiger partial charge is 0.444 e. The van der Waals surface area contributed by atoms with Gasteiger partial charge in [0.05, 0.1) is 22.8 Å². The van der Waals surface area contributed by atoms with Crippen LogP contribution in [0.5, 0.6) is 0 Å². The van der Waals surface area contributed by atoms with Crippen LogP contribution in [-0.4, -0.2) is 90.4 Å². The number of hydrogen-bond donors (Lipinski definition) is 3. The molecule has 3 fully saturated rings. The highest BCUT2D eigenvalue weighted by Gasteiger charge is 2.32. The number of halogens is 2. The lowest BCUT2D eigenvalue weighted by Gasteiger charge is -2.34. The molecular formula is C46H58F2N10O6. The number of para-hydroxylation sites is 1. The van der Waals surface area contributed by atoms with E-state index in [0.717, 1.165) is 69.2 Å². The minimum absolute atomic E-state index is 0.0319. The van der Waals surface area contributed by atoms with Gasteiger partial charge in [-0.25, -0.2) is 23.5 Å². The second-order valence-corrected chi connectivity index (χ2v) is 17.8. The van der Waals surface area contributed by atoms with E-state index in [1.807, 2.05) is 18.2 Å². The van der Waals surface area contributed by atoms with Gasteiger partial charge in [0.25, 0.3) is 12.3 Å². The average molecular weight is 885 g/mol. The van der Waals surface area contributed by atoms with E-state index in [4.69, 9.17) is 9.15 Å². The molecule has 64 heavy (non-hydrogen) atoms. The van der Waals surface area contributed by atoms with E-state index in [1.165, 1.54) is 29.9 Å². The highest BCUT2D eigenvalue weighted by molar-refractivity contribution is 6.03. The maximum atomic E-state index is 14.2. The van der Waals surface area contributed by atoms with Gasteiger partial charge in [0, 0.05) is 70.3 Å². The van der Waals surface area contributed by atoms with Crippen molar-refractivity contribution < 1.29 is 32.3 Å². The number of hydrogen-bond acceptors (Lipinski definition) is 11. The number of pyridine rings is 1. The molecule has 3 aliphatic rings. The number of piperidine rings is 1. The first kappa shape index (κ1) is 44.8. The number of imidazole rings is 1. The molecule has 8 rings (SSSR count). The number of oxazole rings is 1. The molecule has 18 heteroatoms. The number of carbonyl (C=O) groups excluding carboxylic acids is 3. The molecule has 0 radical (unpaired) electrons. The monoisotopic (exact) mass is 884 g/mol. The van der Waals surface area contributed by atoms with Crippen LogP contribution >= 0.6 is 0 Å². The smallest absolute Gasteiger partial charge is 0.329 e. The molecule has 2 saturated carbocycles. The van der Waals surface area contributed by atoms with Crippen LogP contribution in [0.3, 0.4) is 0 Å². The summed E-state index contributed by atoms with van der Waals surface area (Å²) in [7, 11) is 1.72. The van der Waals surface area contributed by atoms with Crippen LogP contribution in [0, 0.1) is 11.8 Å². The summed E-state index contributed by atoms with van der Waals surface area (Å²) in [6.07, 6.45) is 10.2. The standard InChI is InChI=1S/C46H58F2N10O6/c1-28(2)56(20-6-22-63-21-5-8-31-7-4-9-36-41(31)55(3)46(62)58(36)37-16-17-39(59)53-44(37)61)25-30-12-14-33(15-13-30)57-26-34(40(54-57)42(47)48)51-43(60)35-27-64-45(52-35)32-18-19-49-38(23-32)50-24-29-10-11-29/h4,7,9,18-19,23,26-30,33,37,42H,5-6,8,10-17,20-22,24-25H2,1-3H3,(H,49,50)(H,51,60)(H,53,59,61). The average Bonchev–Trinajstić information content (AvgIpc) is 3.68. The van der Waals surface area contributed by atoms with E-state index in [-0.39, 0.29) is 41.3 Å². The van der Waals surface area contributed by atoms with Crippen LogP contribution < -0.4 is 21.6 Å². The van der Waals surface area contributed by atoms with Crippen LogP contribution in [0.2, 0.25) is 0 Å². The second kappa shape index (κ2) is 20.0. The Morgan fingerprint density at radius 1 is 1.03 bits per heavy atom. The van der Waals surface area contributed by atoms with Crippen molar-refractivity contribution in [3.63, 3.8) is 0 Å². The minimum atomic E-state index is -2.87. The Morgan fingerprint density at radius 2 is 1.81 bits per heavy atom.